The Kier molecular flexibility index (Phi) is 4.92. The molecule has 1 atom stereocenters. The van der Waals surface area contributed by atoms with Gasteiger partial charge in [-0.2, -0.15) is 0 Å². The van der Waals surface area contributed by atoms with E-state index in [2.05, 4.69) is 10.3 Å². The summed E-state index contributed by atoms with van der Waals surface area (Å²) in [6.45, 7) is 2.40. The van der Waals surface area contributed by atoms with E-state index in [4.69, 9.17) is 4.78 Å². The fourth-order valence-corrected chi connectivity index (χ4v) is 2.71. The monoisotopic (exact) mass is 317 g/mol. The first-order valence-electron chi connectivity index (χ1n) is 6.91. The van der Waals surface area contributed by atoms with Crippen LogP contribution in [0.3, 0.4) is 0 Å². The summed E-state index contributed by atoms with van der Waals surface area (Å²) in [7, 11) is -2.82. The van der Waals surface area contributed by atoms with Gasteiger partial charge in [0.25, 0.3) is 5.91 Å². The quantitative estimate of drug-likeness (QED) is 0.888. The fraction of sp³-hybridized carbons (Fsp3) is 0.250. The molecule has 2 N–H and O–H groups in total. The molecule has 1 aromatic carbocycles. The van der Waals surface area contributed by atoms with Gasteiger partial charge in [-0.05, 0) is 37.3 Å². The molecule has 0 saturated carbocycles. The van der Waals surface area contributed by atoms with E-state index in [1.807, 2.05) is 25.1 Å². The SMILES string of the molecule is Cc1cccc(CCNC(=O)c2cccc(S(C)(=N)=O)c2)n1. The van der Waals surface area contributed by atoms with Crippen LogP contribution < -0.4 is 5.32 Å². The molecule has 1 amide bonds. The number of aromatic nitrogens is 1. The van der Waals surface area contributed by atoms with Crippen molar-refractivity contribution in [2.24, 2.45) is 0 Å². The predicted molar refractivity (Wildman–Crippen MR) is 86.5 cm³/mol. The fourth-order valence-electron chi connectivity index (χ4n) is 2.02. The van der Waals surface area contributed by atoms with Gasteiger partial charge >= 0.3 is 0 Å². The standard InChI is InChI=1S/C16H19N3O2S/c1-12-5-3-7-14(19-12)9-10-18-16(20)13-6-4-8-15(11-13)22(2,17)21/h3-8,11,17H,9-10H2,1-2H3,(H,18,20). The molecular weight excluding hydrogens is 298 g/mol. The zero-order valence-corrected chi connectivity index (χ0v) is 13.4. The van der Waals surface area contributed by atoms with Crippen molar-refractivity contribution in [3.63, 3.8) is 0 Å². The van der Waals surface area contributed by atoms with E-state index in [1.165, 1.54) is 12.3 Å². The maximum absolute atomic E-state index is 12.1. The van der Waals surface area contributed by atoms with E-state index in [0.717, 1.165) is 11.4 Å². The number of aryl methyl sites for hydroxylation is 1. The lowest BCUT2D eigenvalue weighted by Gasteiger charge is -2.07. The number of carbonyl (C=O) groups is 1. The van der Waals surface area contributed by atoms with E-state index >= 15 is 0 Å². The molecule has 1 aromatic heterocycles. The van der Waals surface area contributed by atoms with Gasteiger partial charge in [0.1, 0.15) is 0 Å². The number of rotatable bonds is 5. The molecule has 1 heterocycles. The highest BCUT2D eigenvalue weighted by Gasteiger charge is 2.09. The van der Waals surface area contributed by atoms with Crippen molar-refractivity contribution >= 4 is 15.6 Å². The van der Waals surface area contributed by atoms with Gasteiger partial charge in [0.15, 0.2) is 0 Å². The van der Waals surface area contributed by atoms with Crippen molar-refractivity contribution in [1.82, 2.24) is 10.3 Å². The van der Waals surface area contributed by atoms with Crippen LogP contribution in [0.4, 0.5) is 0 Å². The summed E-state index contributed by atoms with van der Waals surface area (Å²) in [4.78, 5) is 16.8. The minimum Gasteiger partial charge on any atom is -0.352 e. The largest absolute Gasteiger partial charge is 0.352 e. The van der Waals surface area contributed by atoms with Gasteiger partial charge in [0, 0.05) is 41.1 Å². The Labute approximate surface area is 130 Å². The number of pyridine rings is 1. The maximum atomic E-state index is 12.1. The van der Waals surface area contributed by atoms with E-state index in [-0.39, 0.29) is 5.91 Å². The van der Waals surface area contributed by atoms with Crippen LogP contribution >= 0.6 is 0 Å². The lowest BCUT2D eigenvalue weighted by atomic mass is 10.2. The van der Waals surface area contributed by atoms with E-state index < -0.39 is 9.73 Å². The summed E-state index contributed by atoms with van der Waals surface area (Å²) in [6, 6.07) is 12.2. The molecule has 5 nitrogen and oxygen atoms in total. The third-order valence-electron chi connectivity index (χ3n) is 3.16. The molecule has 0 saturated heterocycles. The second-order valence-corrected chi connectivity index (χ2v) is 7.31. The number of hydrogen-bond acceptors (Lipinski definition) is 4. The average molecular weight is 317 g/mol. The highest BCUT2D eigenvalue weighted by molar-refractivity contribution is 7.91. The third kappa shape index (κ3) is 4.39. The van der Waals surface area contributed by atoms with Crippen molar-refractivity contribution in [2.75, 3.05) is 12.8 Å². The Morgan fingerprint density at radius 2 is 2.00 bits per heavy atom. The molecule has 116 valence electrons. The first-order chi connectivity index (χ1) is 10.4. The van der Waals surface area contributed by atoms with Gasteiger partial charge in [-0.15, -0.1) is 0 Å². The highest BCUT2D eigenvalue weighted by atomic mass is 32.2. The van der Waals surface area contributed by atoms with Crippen LogP contribution in [0.15, 0.2) is 47.4 Å². The molecule has 1 unspecified atom stereocenters. The number of benzene rings is 1. The van der Waals surface area contributed by atoms with Gasteiger partial charge in [0.2, 0.25) is 0 Å². The summed E-state index contributed by atoms with van der Waals surface area (Å²) < 4.78 is 19.3. The first kappa shape index (κ1) is 16.2. The Morgan fingerprint density at radius 1 is 1.27 bits per heavy atom. The third-order valence-corrected chi connectivity index (χ3v) is 4.31. The van der Waals surface area contributed by atoms with Crippen molar-refractivity contribution in [3.05, 3.63) is 59.4 Å². The molecule has 2 aromatic rings. The van der Waals surface area contributed by atoms with E-state index in [0.29, 0.717) is 23.4 Å². The van der Waals surface area contributed by atoms with Gasteiger partial charge in [0.05, 0.1) is 9.73 Å². The van der Waals surface area contributed by atoms with Gasteiger partial charge in [-0.3, -0.25) is 9.78 Å². The minimum absolute atomic E-state index is 0.238. The van der Waals surface area contributed by atoms with E-state index in [9.17, 15) is 9.00 Å². The molecule has 0 bridgehead atoms. The Hall–Kier alpha value is -2.21. The van der Waals surface area contributed by atoms with Crippen LogP contribution in [-0.2, 0) is 16.1 Å². The topological polar surface area (TPSA) is 82.9 Å². The van der Waals surface area contributed by atoms with Crippen molar-refractivity contribution in [2.45, 2.75) is 18.2 Å². The Balaban J connectivity index is 1.98. The number of nitrogens with zero attached hydrogens (tertiary/aromatic N) is 1. The van der Waals surface area contributed by atoms with Crippen molar-refractivity contribution in [1.29, 1.82) is 4.78 Å². The first-order valence-corrected chi connectivity index (χ1v) is 8.87. The highest BCUT2D eigenvalue weighted by Crippen LogP contribution is 2.11. The summed E-state index contributed by atoms with van der Waals surface area (Å²) >= 11 is 0. The maximum Gasteiger partial charge on any atom is 0.251 e. The zero-order valence-electron chi connectivity index (χ0n) is 12.6. The molecule has 0 aliphatic rings. The smallest absolute Gasteiger partial charge is 0.251 e. The average Bonchev–Trinajstić information content (AvgIpc) is 2.46. The number of carbonyl (C=O) groups excluding carboxylic acids is 1. The van der Waals surface area contributed by atoms with Crippen LogP contribution in [0.5, 0.6) is 0 Å². The summed E-state index contributed by atoms with van der Waals surface area (Å²) in [5, 5.41) is 2.81. The van der Waals surface area contributed by atoms with Gasteiger partial charge in [-0.25, -0.2) is 8.99 Å². The molecule has 0 spiro atoms. The van der Waals surface area contributed by atoms with Crippen LogP contribution in [0, 0.1) is 11.7 Å². The lowest BCUT2D eigenvalue weighted by molar-refractivity contribution is 0.0954. The normalized spacial score (nSPS) is 13.4. The molecule has 6 heteroatoms. The minimum atomic E-state index is -2.82. The zero-order chi connectivity index (χ0) is 16.2. The number of hydrogen-bond donors (Lipinski definition) is 2. The molecule has 0 fully saturated rings. The lowest BCUT2D eigenvalue weighted by Crippen LogP contribution is -2.26. The number of amides is 1. The van der Waals surface area contributed by atoms with E-state index in [1.54, 1.807) is 18.2 Å². The summed E-state index contributed by atoms with van der Waals surface area (Å²) in [6.07, 6.45) is 1.99. The van der Waals surface area contributed by atoms with Crippen LogP contribution in [0.2, 0.25) is 0 Å². The second-order valence-electron chi connectivity index (χ2n) is 5.15. The molecule has 0 radical (unpaired) electrons. The predicted octanol–water partition coefficient (Wildman–Crippen LogP) is 2.40. The summed E-state index contributed by atoms with van der Waals surface area (Å²) in [5.74, 6) is -0.238. The Bertz CT molecular complexity index is 785. The molecule has 0 aliphatic heterocycles. The van der Waals surface area contributed by atoms with Crippen molar-refractivity contribution in [3.8, 4) is 0 Å². The number of nitrogens with one attached hydrogen (secondary N) is 2. The van der Waals surface area contributed by atoms with Crippen molar-refractivity contribution < 1.29 is 9.00 Å². The Morgan fingerprint density at radius 3 is 2.68 bits per heavy atom. The van der Waals surface area contributed by atoms with Gasteiger partial charge in [-0.1, -0.05) is 12.1 Å². The summed E-state index contributed by atoms with van der Waals surface area (Å²) in [5.41, 5.74) is 2.29. The second kappa shape index (κ2) is 6.70. The van der Waals surface area contributed by atoms with Crippen LogP contribution in [0.1, 0.15) is 21.7 Å². The molecule has 22 heavy (non-hydrogen) atoms. The van der Waals surface area contributed by atoms with Crippen LogP contribution in [0.25, 0.3) is 0 Å². The molecular formula is C16H19N3O2S. The van der Waals surface area contributed by atoms with Crippen LogP contribution in [-0.4, -0.2) is 27.9 Å². The molecule has 0 aliphatic carbocycles. The molecule has 2 rings (SSSR count). The van der Waals surface area contributed by atoms with Gasteiger partial charge < -0.3 is 5.32 Å².